The van der Waals surface area contributed by atoms with Gasteiger partial charge in [0.15, 0.2) is 0 Å². The highest BCUT2D eigenvalue weighted by atomic mass is 16.3. The van der Waals surface area contributed by atoms with Crippen molar-refractivity contribution in [3.8, 4) is 44.5 Å². The molecule has 0 unspecified atom stereocenters. The van der Waals surface area contributed by atoms with Crippen molar-refractivity contribution < 1.29 is 4.42 Å². The summed E-state index contributed by atoms with van der Waals surface area (Å²) in [5, 5.41) is 4.72. The molecule has 2 heteroatoms. The summed E-state index contributed by atoms with van der Waals surface area (Å²) in [6, 6.07) is 72.5. The van der Waals surface area contributed by atoms with Gasteiger partial charge in [-0.15, -0.1) is 0 Å². The van der Waals surface area contributed by atoms with E-state index in [0.29, 0.717) is 0 Å². The van der Waals surface area contributed by atoms with Crippen LogP contribution in [0.1, 0.15) is 25.0 Å². The molecule has 1 heterocycles. The average molecular weight is 730 g/mol. The molecule has 0 N–H and O–H groups in total. The van der Waals surface area contributed by atoms with Crippen molar-refractivity contribution in [1.29, 1.82) is 0 Å². The smallest absolute Gasteiger partial charge is 0.136 e. The van der Waals surface area contributed by atoms with Crippen LogP contribution in [0, 0.1) is 0 Å². The van der Waals surface area contributed by atoms with Crippen molar-refractivity contribution in [3.05, 3.63) is 211 Å². The van der Waals surface area contributed by atoms with Gasteiger partial charge in [-0.05, 0) is 121 Å². The summed E-state index contributed by atoms with van der Waals surface area (Å²) in [6.07, 6.45) is 0. The lowest BCUT2D eigenvalue weighted by Crippen LogP contribution is -2.16. The Kier molecular flexibility index (Phi) is 7.55. The highest BCUT2D eigenvalue weighted by Crippen LogP contribution is 2.51. The Morgan fingerprint density at radius 1 is 0.351 bits per heavy atom. The third kappa shape index (κ3) is 5.40. The summed E-state index contributed by atoms with van der Waals surface area (Å²) < 4.78 is 6.56. The van der Waals surface area contributed by atoms with Crippen molar-refractivity contribution in [2.45, 2.75) is 19.3 Å². The van der Waals surface area contributed by atoms with E-state index >= 15 is 0 Å². The molecule has 1 aliphatic rings. The summed E-state index contributed by atoms with van der Waals surface area (Å²) in [5.41, 5.74) is 17.6. The minimum atomic E-state index is -0.0982. The van der Waals surface area contributed by atoms with Crippen molar-refractivity contribution >= 4 is 49.8 Å². The van der Waals surface area contributed by atoms with Crippen molar-refractivity contribution in [2.24, 2.45) is 0 Å². The van der Waals surface area contributed by atoms with Gasteiger partial charge in [-0.2, -0.15) is 0 Å². The lowest BCUT2D eigenvalue weighted by Gasteiger charge is -2.28. The van der Waals surface area contributed by atoms with Gasteiger partial charge >= 0.3 is 0 Å². The van der Waals surface area contributed by atoms with E-state index in [4.69, 9.17) is 4.42 Å². The number of hydrogen-bond donors (Lipinski definition) is 0. The van der Waals surface area contributed by atoms with Crippen LogP contribution < -0.4 is 4.90 Å². The SMILES string of the molecule is CC1(C)c2ccccc2-c2ccc(N(c3ccc(-c4ccccc4)cc3)c3ccc(-c4ccc5oc6cc(-c7ccccc7)c7ccccc7c6c5c4)cc3)cc21. The van der Waals surface area contributed by atoms with E-state index in [-0.39, 0.29) is 5.41 Å². The van der Waals surface area contributed by atoms with E-state index in [0.717, 1.165) is 50.1 Å². The Hall–Kier alpha value is -7.16. The summed E-state index contributed by atoms with van der Waals surface area (Å²) in [7, 11) is 0. The Balaban J connectivity index is 1.01. The zero-order valence-corrected chi connectivity index (χ0v) is 31.9. The van der Waals surface area contributed by atoms with Gasteiger partial charge in [-0.1, -0.05) is 159 Å². The fourth-order valence-electron chi connectivity index (χ4n) is 9.19. The quantitative estimate of drug-likeness (QED) is 0.169. The van der Waals surface area contributed by atoms with Gasteiger partial charge in [-0.3, -0.25) is 0 Å². The lowest BCUT2D eigenvalue weighted by molar-refractivity contribution is 0.660. The van der Waals surface area contributed by atoms with Crippen LogP contribution in [-0.4, -0.2) is 0 Å². The number of rotatable bonds is 6. The van der Waals surface area contributed by atoms with Crippen LogP contribution in [0.2, 0.25) is 0 Å². The number of anilines is 3. The van der Waals surface area contributed by atoms with Gasteiger partial charge in [0.2, 0.25) is 0 Å². The largest absolute Gasteiger partial charge is 0.456 e. The van der Waals surface area contributed by atoms with E-state index in [2.05, 4.69) is 219 Å². The molecule has 0 atom stereocenters. The zero-order chi connectivity index (χ0) is 38.1. The Labute approximate surface area is 332 Å². The molecule has 2 nitrogen and oxygen atoms in total. The molecular formula is C55H39NO. The van der Waals surface area contributed by atoms with Crippen LogP contribution in [0.5, 0.6) is 0 Å². The summed E-state index contributed by atoms with van der Waals surface area (Å²) in [4.78, 5) is 2.39. The molecule has 9 aromatic carbocycles. The maximum absolute atomic E-state index is 6.56. The van der Waals surface area contributed by atoms with Gasteiger partial charge in [0.1, 0.15) is 11.2 Å². The fourth-order valence-corrected chi connectivity index (χ4v) is 9.19. The van der Waals surface area contributed by atoms with Crippen LogP contribution in [0.25, 0.3) is 77.2 Å². The highest BCUT2D eigenvalue weighted by Gasteiger charge is 2.35. The maximum Gasteiger partial charge on any atom is 0.136 e. The van der Waals surface area contributed by atoms with Crippen LogP contribution in [0.4, 0.5) is 17.1 Å². The summed E-state index contributed by atoms with van der Waals surface area (Å²) in [5.74, 6) is 0. The van der Waals surface area contributed by atoms with Crippen molar-refractivity contribution in [1.82, 2.24) is 0 Å². The second-order valence-electron chi connectivity index (χ2n) is 15.7. The Morgan fingerprint density at radius 2 is 0.895 bits per heavy atom. The molecule has 0 saturated carbocycles. The fraction of sp³-hybridized carbons (Fsp3) is 0.0545. The minimum absolute atomic E-state index is 0.0982. The normalized spacial score (nSPS) is 12.9. The molecule has 0 saturated heterocycles. The molecule has 57 heavy (non-hydrogen) atoms. The first-order chi connectivity index (χ1) is 28.0. The molecule has 0 spiro atoms. The van der Waals surface area contributed by atoms with Gasteiger partial charge in [0.05, 0.1) is 0 Å². The topological polar surface area (TPSA) is 16.4 Å². The van der Waals surface area contributed by atoms with Crippen LogP contribution in [0.3, 0.4) is 0 Å². The molecule has 1 aliphatic carbocycles. The van der Waals surface area contributed by atoms with Crippen LogP contribution in [0.15, 0.2) is 205 Å². The maximum atomic E-state index is 6.56. The standard InChI is InChI=1S/C55H39NO/c1-55(2)50-20-12-11-18-45(50)46-31-30-43(34-51(46)55)56(41-26-21-37(22-27-41)36-13-5-3-6-14-36)42-28-23-38(24-29-42)40-25-32-52-49(33-40)54-47-19-10-9-17-44(47)48(35-53(54)57-52)39-15-7-4-8-16-39/h3-35H,1-2H3. The molecule has 11 rings (SSSR count). The van der Waals surface area contributed by atoms with Gasteiger partial charge in [0, 0.05) is 33.2 Å². The molecule has 0 aliphatic heterocycles. The van der Waals surface area contributed by atoms with Crippen molar-refractivity contribution in [3.63, 3.8) is 0 Å². The average Bonchev–Trinajstić information content (AvgIpc) is 3.76. The molecular weight excluding hydrogens is 691 g/mol. The third-order valence-corrected chi connectivity index (χ3v) is 12.1. The predicted octanol–water partition coefficient (Wildman–Crippen LogP) is 15.5. The summed E-state index contributed by atoms with van der Waals surface area (Å²) in [6.45, 7) is 4.70. The van der Waals surface area contributed by atoms with E-state index in [9.17, 15) is 0 Å². The number of hydrogen-bond acceptors (Lipinski definition) is 2. The zero-order valence-electron chi connectivity index (χ0n) is 31.9. The van der Waals surface area contributed by atoms with E-state index in [1.807, 2.05) is 0 Å². The highest BCUT2D eigenvalue weighted by molar-refractivity contribution is 6.22. The molecule has 0 amide bonds. The molecule has 0 radical (unpaired) electrons. The van der Waals surface area contributed by atoms with Crippen LogP contribution >= 0.6 is 0 Å². The first-order valence-corrected chi connectivity index (χ1v) is 19.8. The van der Waals surface area contributed by atoms with E-state index < -0.39 is 0 Å². The molecule has 0 fully saturated rings. The second-order valence-corrected chi connectivity index (χ2v) is 15.7. The first-order valence-electron chi connectivity index (χ1n) is 19.8. The lowest BCUT2D eigenvalue weighted by atomic mass is 9.82. The number of furan rings is 1. The second kappa shape index (κ2) is 13.0. The van der Waals surface area contributed by atoms with Gasteiger partial charge in [-0.25, -0.2) is 0 Å². The molecule has 0 bridgehead atoms. The summed E-state index contributed by atoms with van der Waals surface area (Å²) >= 11 is 0. The van der Waals surface area contributed by atoms with E-state index in [1.165, 1.54) is 55.3 Å². The predicted molar refractivity (Wildman–Crippen MR) is 240 cm³/mol. The molecule has 1 aromatic heterocycles. The van der Waals surface area contributed by atoms with Crippen LogP contribution in [-0.2, 0) is 5.41 Å². The molecule has 10 aromatic rings. The number of nitrogens with zero attached hydrogens (tertiary/aromatic N) is 1. The molecule has 270 valence electrons. The monoisotopic (exact) mass is 729 g/mol. The van der Waals surface area contributed by atoms with Gasteiger partial charge in [0.25, 0.3) is 0 Å². The Bertz CT molecular complexity index is 3120. The Morgan fingerprint density at radius 3 is 1.61 bits per heavy atom. The van der Waals surface area contributed by atoms with Crippen molar-refractivity contribution in [2.75, 3.05) is 4.90 Å². The van der Waals surface area contributed by atoms with E-state index in [1.54, 1.807) is 0 Å². The number of benzene rings is 9. The third-order valence-electron chi connectivity index (χ3n) is 12.1. The first kappa shape index (κ1) is 33.2. The van der Waals surface area contributed by atoms with Gasteiger partial charge < -0.3 is 9.32 Å². The number of fused-ring (bicyclic) bond motifs is 8. The minimum Gasteiger partial charge on any atom is -0.456 e.